The summed E-state index contributed by atoms with van der Waals surface area (Å²) < 4.78 is 22.2. The van der Waals surface area contributed by atoms with Crippen molar-refractivity contribution >= 4 is 46.2 Å². The van der Waals surface area contributed by atoms with Crippen LogP contribution in [0.15, 0.2) is 84.0 Å². The molecule has 0 radical (unpaired) electrons. The van der Waals surface area contributed by atoms with E-state index in [2.05, 4.69) is 52.0 Å². The zero-order valence-electron chi connectivity index (χ0n) is 36.7. The van der Waals surface area contributed by atoms with Crippen molar-refractivity contribution in [2.75, 3.05) is 33.9 Å². The molecule has 4 aromatic carbocycles. The number of imidazole rings is 1. The number of rotatable bonds is 11. The molecule has 4 aliphatic heterocycles. The third-order valence-corrected chi connectivity index (χ3v) is 12.9. The summed E-state index contributed by atoms with van der Waals surface area (Å²) in [5.74, 6) is 0.929. The highest BCUT2D eigenvalue weighted by Crippen LogP contribution is 2.45. The molecule has 0 spiro atoms. The van der Waals surface area contributed by atoms with E-state index >= 15 is 0 Å². The average molecular weight is 868 g/mol. The van der Waals surface area contributed by atoms with Gasteiger partial charge in [-0.25, -0.2) is 14.6 Å². The number of likely N-dealkylation sites (tertiary alicyclic amines) is 2. The number of carbonyl (C=O) groups excluding carboxylic acids is 4. The molecule has 4 amide bonds. The molecule has 0 unspecified atom stereocenters. The molecule has 5 heterocycles. The molecule has 15 nitrogen and oxygen atoms in total. The molecule has 332 valence electrons. The van der Waals surface area contributed by atoms with Gasteiger partial charge in [0.2, 0.25) is 5.91 Å². The van der Waals surface area contributed by atoms with E-state index in [1.54, 1.807) is 11.1 Å². The molecule has 0 bridgehead atoms. The zero-order chi connectivity index (χ0) is 44.6. The van der Waals surface area contributed by atoms with Crippen molar-refractivity contribution in [2.24, 2.45) is 10.9 Å². The first-order chi connectivity index (χ1) is 31.0. The van der Waals surface area contributed by atoms with Gasteiger partial charge in [-0.2, -0.15) is 0 Å². The summed E-state index contributed by atoms with van der Waals surface area (Å²) in [6, 6.07) is 21.7. The highest BCUT2D eigenvalue weighted by atomic mass is 16.5. The first-order valence-corrected chi connectivity index (χ1v) is 22.0. The van der Waals surface area contributed by atoms with Gasteiger partial charge in [-0.3, -0.25) is 14.6 Å². The number of aromatic nitrogens is 2. The van der Waals surface area contributed by atoms with Crippen LogP contribution in [0.2, 0.25) is 0 Å². The number of nitrogens with one attached hydrogen (secondary N) is 3. The molecule has 9 rings (SSSR count). The quantitative estimate of drug-likeness (QED) is 0.121. The van der Waals surface area contributed by atoms with Gasteiger partial charge in [-0.15, -0.1) is 0 Å². The third kappa shape index (κ3) is 8.04. The van der Waals surface area contributed by atoms with Crippen LogP contribution in [-0.4, -0.2) is 102 Å². The van der Waals surface area contributed by atoms with Crippen LogP contribution in [0.25, 0.3) is 33.2 Å². The van der Waals surface area contributed by atoms with Crippen molar-refractivity contribution in [2.45, 2.75) is 83.3 Å². The van der Waals surface area contributed by atoms with Gasteiger partial charge in [0, 0.05) is 43.8 Å². The van der Waals surface area contributed by atoms with Crippen molar-refractivity contribution in [3.8, 4) is 28.1 Å². The number of methoxy groups -OCH3 is 2. The van der Waals surface area contributed by atoms with Crippen LogP contribution in [0.5, 0.6) is 5.75 Å². The molecule has 2 saturated heterocycles. The number of nitrogens with zero attached hydrogens (tertiary/aromatic N) is 4. The molecule has 3 N–H and O–H groups in total. The van der Waals surface area contributed by atoms with Crippen molar-refractivity contribution in [1.29, 1.82) is 0 Å². The number of ether oxygens (including phenoxy) is 4. The number of carbonyl (C=O) groups is 4. The van der Waals surface area contributed by atoms with Crippen LogP contribution in [-0.2, 0) is 36.8 Å². The Kier molecular flexibility index (Phi) is 11.8. The lowest BCUT2D eigenvalue weighted by molar-refractivity contribution is -0.135. The van der Waals surface area contributed by atoms with E-state index in [1.165, 1.54) is 14.2 Å². The van der Waals surface area contributed by atoms with Gasteiger partial charge >= 0.3 is 12.2 Å². The molecule has 4 aliphatic rings. The highest BCUT2D eigenvalue weighted by molar-refractivity contribution is 6.06. The Morgan fingerprint density at radius 2 is 1.70 bits per heavy atom. The molecule has 0 saturated carbocycles. The Balaban J connectivity index is 0.937. The summed E-state index contributed by atoms with van der Waals surface area (Å²) in [7, 11) is 2.57. The first kappa shape index (κ1) is 42.6. The zero-order valence-corrected chi connectivity index (χ0v) is 36.7. The molecule has 2 fully saturated rings. The number of hydrogen-bond acceptors (Lipinski definition) is 10. The SMILES string of the molecule is CCO[C@H]1C[C@@H](C2=Nc3ccc4cc5c(cc4c3C2)OCc2cc(-c3cnc([C@@H]4CCCN4C(=O)[C@H](NC(=O)OC)c4ccccc4)[nH]3)ccc2-5)N(C(=O)[C@@H](NC(=O)OC)C(C)C)C1. The Morgan fingerprint density at radius 3 is 2.47 bits per heavy atom. The first-order valence-electron chi connectivity index (χ1n) is 22.0. The standard InChI is InChI=1S/C49H53N7O8/c1-6-63-32-21-41(56(25-32)46(57)43(27(2)3)53-48(59)61-4)38-22-35-34-23-42-36(20-29(34)15-17-37(35)51-38)33-16-14-30(19-31(33)26-64-42)39-24-50-45(52-39)40-13-10-18-55(40)47(58)44(54-49(60)62-5)28-11-8-7-9-12-28/h7-9,11-12,14-17,19-20,23-24,27,32,40-41,43-44H,6,10,13,18,21-22,25-26H2,1-5H3,(H,50,52)(H,53,59)(H,54,60)/t32-,40-,41-,43-,44+/m0/s1. The van der Waals surface area contributed by atoms with Crippen molar-refractivity contribution in [3.63, 3.8) is 0 Å². The summed E-state index contributed by atoms with van der Waals surface area (Å²) >= 11 is 0. The average Bonchev–Trinajstić information content (AvgIpc) is 4.15. The second kappa shape index (κ2) is 17.8. The van der Waals surface area contributed by atoms with Gasteiger partial charge in [0.15, 0.2) is 0 Å². The number of alkyl carbamates (subject to hydrolysis) is 2. The molecule has 5 atom stereocenters. The number of amides is 4. The summed E-state index contributed by atoms with van der Waals surface area (Å²) in [5.41, 5.74) is 8.45. The monoisotopic (exact) mass is 867 g/mol. The lowest BCUT2D eigenvalue weighted by atomic mass is 9.90. The lowest BCUT2D eigenvalue weighted by Gasteiger charge is -2.30. The maximum atomic E-state index is 14.1. The smallest absolute Gasteiger partial charge is 0.407 e. The summed E-state index contributed by atoms with van der Waals surface area (Å²) in [6.07, 6.45) is 3.08. The van der Waals surface area contributed by atoms with Gasteiger partial charge in [0.1, 0.15) is 30.3 Å². The van der Waals surface area contributed by atoms with E-state index in [0.29, 0.717) is 50.5 Å². The Bertz CT molecular complexity index is 2640. The minimum Gasteiger partial charge on any atom is -0.488 e. The highest BCUT2D eigenvalue weighted by Gasteiger charge is 2.43. The van der Waals surface area contributed by atoms with E-state index in [0.717, 1.165) is 74.3 Å². The number of hydrogen-bond donors (Lipinski definition) is 3. The van der Waals surface area contributed by atoms with Crippen LogP contribution in [0.3, 0.4) is 0 Å². The van der Waals surface area contributed by atoms with Crippen LogP contribution in [0.4, 0.5) is 15.3 Å². The van der Waals surface area contributed by atoms with E-state index in [-0.39, 0.29) is 35.9 Å². The Morgan fingerprint density at radius 1 is 0.906 bits per heavy atom. The molecule has 64 heavy (non-hydrogen) atoms. The maximum Gasteiger partial charge on any atom is 0.407 e. The molecule has 5 aromatic rings. The number of H-pyrrole nitrogens is 1. The van der Waals surface area contributed by atoms with Crippen molar-refractivity contribution in [1.82, 2.24) is 30.4 Å². The van der Waals surface area contributed by atoms with Gasteiger partial charge in [-0.05, 0) is 88.5 Å². The Hall–Kier alpha value is -6.74. The minimum absolute atomic E-state index is 0.144. The number of aromatic amines is 1. The Labute approximate surface area is 371 Å². The number of fused-ring (bicyclic) bond motifs is 6. The largest absolute Gasteiger partial charge is 0.488 e. The summed E-state index contributed by atoms with van der Waals surface area (Å²) in [4.78, 5) is 69.6. The van der Waals surface area contributed by atoms with Crippen LogP contribution >= 0.6 is 0 Å². The number of benzene rings is 4. The molecule has 15 heteroatoms. The third-order valence-electron chi connectivity index (χ3n) is 12.9. The van der Waals surface area contributed by atoms with Crippen molar-refractivity contribution in [3.05, 3.63) is 102 Å². The fourth-order valence-corrected chi connectivity index (χ4v) is 9.72. The number of aliphatic imine (C=N–C) groups is 1. The predicted octanol–water partition coefficient (Wildman–Crippen LogP) is 7.57. The fraction of sp³-hybridized carbons (Fsp3) is 0.388. The second-order valence-electron chi connectivity index (χ2n) is 17.1. The van der Waals surface area contributed by atoms with Crippen LogP contribution in [0.1, 0.15) is 74.6 Å². The van der Waals surface area contributed by atoms with Gasteiger partial charge in [-0.1, -0.05) is 62.4 Å². The predicted molar refractivity (Wildman–Crippen MR) is 240 cm³/mol. The molecule has 0 aliphatic carbocycles. The van der Waals surface area contributed by atoms with E-state index < -0.39 is 24.3 Å². The van der Waals surface area contributed by atoms with Crippen LogP contribution < -0.4 is 15.4 Å². The molecular weight excluding hydrogens is 815 g/mol. The lowest BCUT2D eigenvalue weighted by Crippen LogP contribution is -2.54. The molecule has 1 aromatic heterocycles. The minimum atomic E-state index is -0.896. The second-order valence-corrected chi connectivity index (χ2v) is 17.1. The van der Waals surface area contributed by atoms with Gasteiger partial charge in [0.05, 0.1) is 50.0 Å². The summed E-state index contributed by atoms with van der Waals surface area (Å²) in [5, 5.41) is 7.59. The van der Waals surface area contributed by atoms with E-state index in [1.807, 2.05) is 62.1 Å². The van der Waals surface area contributed by atoms with E-state index in [4.69, 9.17) is 28.9 Å². The summed E-state index contributed by atoms with van der Waals surface area (Å²) in [6.45, 7) is 7.63. The normalized spacial score (nSPS) is 19.6. The maximum absolute atomic E-state index is 14.1. The fourth-order valence-electron chi connectivity index (χ4n) is 9.72. The topological polar surface area (TPSA) is 177 Å². The van der Waals surface area contributed by atoms with Crippen LogP contribution in [0, 0.1) is 5.92 Å². The van der Waals surface area contributed by atoms with Gasteiger partial charge in [0.25, 0.3) is 5.91 Å². The van der Waals surface area contributed by atoms with Crippen molar-refractivity contribution < 1.29 is 38.1 Å². The van der Waals surface area contributed by atoms with Gasteiger partial charge < -0.3 is 44.4 Å². The van der Waals surface area contributed by atoms with E-state index in [9.17, 15) is 19.2 Å². The molecular formula is C49H53N7O8.